The van der Waals surface area contributed by atoms with Crippen LogP contribution in [0.5, 0.6) is 0 Å². The molecule has 3 aliphatic rings. The van der Waals surface area contributed by atoms with Crippen LogP contribution in [0.3, 0.4) is 0 Å². The maximum atomic E-state index is 13.0. The number of nitrogens with two attached hydrogens (primary N) is 1. The van der Waals surface area contributed by atoms with Gasteiger partial charge in [-0.1, -0.05) is 0 Å². The van der Waals surface area contributed by atoms with E-state index in [2.05, 4.69) is 4.28 Å². The predicted octanol–water partition coefficient (Wildman–Crippen LogP) is -1.13. The van der Waals surface area contributed by atoms with E-state index in [1.165, 1.54) is 0 Å². The molecule has 4 amide bonds. The summed E-state index contributed by atoms with van der Waals surface area (Å²) in [4.78, 5) is 37.2. The third kappa shape index (κ3) is 3.17. The number of hydroxylamine groups is 2. The summed E-state index contributed by atoms with van der Waals surface area (Å²) in [6, 6.07) is -2.97. The number of piperidine rings is 1. The lowest BCUT2D eigenvalue weighted by atomic mass is 10.00. The number of nitrogens with zero attached hydrogens (tertiary/aromatic N) is 3. The summed E-state index contributed by atoms with van der Waals surface area (Å²) in [5.41, 5.74) is 0. The molecule has 0 aromatic heterocycles. The van der Waals surface area contributed by atoms with Crippen molar-refractivity contribution in [2.45, 2.75) is 37.3 Å². The van der Waals surface area contributed by atoms with Crippen LogP contribution in [0, 0.1) is 5.92 Å². The first-order valence-corrected chi connectivity index (χ1v) is 8.56. The number of alkyl halides is 2. The summed E-state index contributed by atoms with van der Waals surface area (Å²) in [7, 11) is -4.94. The summed E-state index contributed by atoms with van der Waals surface area (Å²) >= 11 is 0. The van der Waals surface area contributed by atoms with E-state index in [0.717, 1.165) is 4.90 Å². The van der Waals surface area contributed by atoms with Crippen molar-refractivity contribution in [2.24, 2.45) is 11.8 Å². The minimum absolute atomic E-state index is 0.0165. The summed E-state index contributed by atoms with van der Waals surface area (Å²) < 4.78 is 60.4. The minimum atomic E-state index is -4.94. The van der Waals surface area contributed by atoms with Crippen molar-refractivity contribution in [1.29, 1.82) is 0 Å². The molecule has 25 heavy (non-hydrogen) atoms. The van der Waals surface area contributed by atoms with Gasteiger partial charge in [-0.05, 0) is 12.8 Å². The van der Waals surface area contributed by atoms with E-state index < -0.39 is 58.6 Å². The van der Waals surface area contributed by atoms with Gasteiger partial charge in [0.25, 0.3) is 17.7 Å². The predicted molar refractivity (Wildman–Crippen MR) is 72.5 cm³/mol. The zero-order valence-corrected chi connectivity index (χ0v) is 13.4. The van der Waals surface area contributed by atoms with Crippen molar-refractivity contribution < 1.29 is 40.4 Å². The number of urea groups is 1. The SMILES string of the molecule is NN(C(=O)C1CCC2CN1C(=O)N2OS(=O)(=O)O)C(=O)C1CC1(F)F. The van der Waals surface area contributed by atoms with E-state index in [4.69, 9.17) is 10.4 Å². The van der Waals surface area contributed by atoms with E-state index in [0.29, 0.717) is 5.06 Å². The molecule has 2 aliphatic heterocycles. The number of fused-ring (bicyclic) bond motifs is 2. The topological polar surface area (TPSA) is 151 Å². The van der Waals surface area contributed by atoms with Gasteiger partial charge in [0.1, 0.15) is 12.0 Å². The molecule has 3 fully saturated rings. The molecule has 2 bridgehead atoms. The summed E-state index contributed by atoms with van der Waals surface area (Å²) in [5, 5.41) is 0.497. The average molecular weight is 384 g/mol. The van der Waals surface area contributed by atoms with Gasteiger partial charge in [-0.15, -0.1) is 4.28 Å². The standard InChI is InChI=1S/C11H14F2N4O7S/c12-11(13)3-6(11)8(18)16(14)9(19)7-2-1-5-4-15(7)10(20)17(5)24-25(21,22)23/h5-7H,1-4,14H2,(H,21,22,23). The molecule has 3 unspecified atom stereocenters. The van der Waals surface area contributed by atoms with Crippen molar-refractivity contribution >= 4 is 28.2 Å². The average Bonchev–Trinajstić information content (AvgIpc) is 3.10. The van der Waals surface area contributed by atoms with Gasteiger partial charge in [0, 0.05) is 13.0 Å². The zero-order valence-electron chi connectivity index (χ0n) is 12.5. The second-order valence-electron chi connectivity index (χ2n) is 6.07. The van der Waals surface area contributed by atoms with Crippen LogP contribution in [0.2, 0.25) is 0 Å². The Hall–Kier alpha value is -1.90. The first-order chi connectivity index (χ1) is 11.4. The summed E-state index contributed by atoms with van der Waals surface area (Å²) in [6.07, 6.45) is -0.559. The number of halogens is 2. The van der Waals surface area contributed by atoms with E-state index in [-0.39, 0.29) is 24.4 Å². The number of hydrogen-bond acceptors (Lipinski definition) is 7. The number of carbonyl (C=O) groups excluding carboxylic acids is 3. The monoisotopic (exact) mass is 384 g/mol. The zero-order chi connectivity index (χ0) is 18.7. The Morgan fingerprint density at radius 2 is 1.92 bits per heavy atom. The lowest BCUT2D eigenvalue weighted by molar-refractivity contribution is -0.150. The molecule has 3 N–H and O–H groups in total. The molecule has 1 saturated carbocycles. The fourth-order valence-corrected chi connectivity index (χ4v) is 3.39. The van der Waals surface area contributed by atoms with Crippen LogP contribution < -0.4 is 5.84 Å². The number of amides is 4. The fraction of sp³-hybridized carbons (Fsp3) is 0.727. The molecule has 0 radical (unpaired) electrons. The number of rotatable bonds is 4. The van der Waals surface area contributed by atoms with Crippen LogP contribution in [0.1, 0.15) is 19.3 Å². The van der Waals surface area contributed by atoms with E-state index in [9.17, 15) is 31.6 Å². The van der Waals surface area contributed by atoms with Gasteiger partial charge >= 0.3 is 16.4 Å². The molecule has 0 spiro atoms. The van der Waals surface area contributed by atoms with Crippen LogP contribution in [-0.4, -0.2) is 70.3 Å². The maximum Gasteiger partial charge on any atom is 0.418 e. The van der Waals surface area contributed by atoms with Crippen molar-refractivity contribution in [1.82, 2.24) is 15.0 Å². The Bertz CT molecular complexity index is 745. The fourth-order valence-electron chi connectivity index (χ4n) is 3.01. The van der Waals surface area contributed by atoms with Gasteiger partial charge in [0.05, 0.1) is 6.04 Å². The number of hydrazine groups is 1. The molecule has 14 heteroatoms. The molecule has 140 valence electrons. The Labute approximate surface area is 140 Å². The number of hydrogen-bond donors (Lipinski definition) is 2. The molecule has 2 saturated heterocycles. The van der Waals surface area contributed by atoms with Gasteiger partial charge in [-0.3, -0.25) is 14.1 Å². The Morgan fingerprint density at radius 1 is 1.32 bits per heavy atom. The second-order valence-corrected chi connectivity index (χ2v) is 7.08. The van der Waals surface area contributed by atoms with Gasteiger partial charge in [-0.2, -0.15) is 13.5 Å². The van der Waals surface area contributed by atoms with Crippen LogP contribution in [-0.2, 0) is 24.3 Å². The Balaban J connectivity index is 1.71. The van der Waals surface area contributed by atoms with Crippen LogP contribution in [0.4, 0.5) is 13.6 Å². The van der Waals surface area contributed by atoms with E-state index in [1.54, 1.807) is 0 Å². The number of imide groups is 1. The lowest BCUT2D eigenvalue weighted by Gasteiger charge is -2.31. The second kappa shape index (κ2) is 5.55. The first-order valence-electron chi connectivity index (χ1n) is 7.19. The summed E-state index contributed by atoms with van der Waals surface area (Å²) in [6.45, 7) is -0.105. The highest BCUT2D eigenvalue weighted by Crippen LogP contribution is 2.49. The molecule has 11 nitrogen and oxygen atoms in total. The maximum absolute atomic E-state index is 13.0. The van der Waals surface area contributed by atoms with Gasteiger partial charge < -0.3 is 4.90 Å². The van der Waals surface area contributed by atoms with Crippen molar-refractivity contribution in [3.8, 4) is 0 Å². The van der Waals surface area contributed by atoms with Crippen LogP contribution in [0.25, 0.3) is 0 Å². The minimum Gasteiger partial charge on any atom is -0.309 e. The highest BCUT2D eigenvalue weighted by Gasteiger charge is 2.63. The molecule has 2 heterocycles. The van der Waals surface area contributed by atoms with Gasteiger partial charge in [0.15, 0.2) is 0 Å². The van der Waals surface area contributed by atoms with E-state index in [1.807, 2.05) is 0 Å². The van der Waals surface area contributed by atoms with Crippen molar-refractivity contribution in [3.63, 3.8) is 0 Å². The Morgan fingerprint density at radius 3 is 2.44 bits per heavy atom. The molecular formula is C11H14F2N4O7S. The molecule has 0 aromatic carbocycles. The molecule has 3 rings (SSSR count). The first kappa shape index (κ1) is 17.9. The largest absolute Gasteiger partial charge is 0.418 e. The molecule has 1 aliphatic carbocycles. The quantitative estimate of drug-likeness (QED) is 0.203. The van der Waals surface area contributed by atoms with Crippen LogP contribution in [0.15, 0.2) is 0 Å². The lowest BCUT2D eigenvalue weighted by Crippen LogP contribution is -2.55. The van der Waals surface area contributed by atoms with Crippen molar-refractivity contribution in [3.05, 3.63) is 0 Å². The van der Waals surface area contributed by atoms with Crippen molar-refractivity contribution in [2.75, 3.05) is 6.54 Å². The third-order valence-electron chi connectivity index (χ3n) is 4.38. The van der Waals surface area contributed by atoms with Crippen LogP contribution >= 0.6 is 0 Å². The highest BCUT2D eigenvalue weighted by molar-refractivity contribution is 7.80. The van der Waals surface area contributed by atoms with Gasteiger partial charge in [-0.25, -0.2) is 24.4 Å². The van der Waals surface area contributed by atoms with Gasteiger partial charge in [0.2, 0.25) is 0 Å². The van der Waals surface area contributed by atoms with E-state index >= 15 is 0 Å². The smallest absolute Gasteiger partial charge is 0.309 e. The molecular weight excluding hydrogens is 370 g/mol. The third-order valence-corrected chi connectivity index (χ3v) is 4.73. The normalized spacial score (nSPS) is 30.4. The molecule has 3 atom stereocenters. The highest BCUT2D eigenvalue weighted by atomic mass is 32.3. The Kier molecular flexibility index (Phi) is 3.98. The molecule has 0 aromatic rings. The summed E-state index contributed by atoms with van der Waals surface area (Å²) in [5.74, 6) is -1.80. The number of carbonyl (C=O) groups is 3.